The molecule has 0 bridgehead atoms. The van der Waals surface area contributed by atoms with Crippen molar-refractivity contribution >= 4 is 39.3 Å². The lowest BCUT2D eigenvalue weighted by Gasteiger charge is -2.28. The molecule has 33 heavy (non-hydrogen) atoms. The summed E-state index contributed by atoms with van der Waals surface area (Å²) in [5.41, 5.74) is 1.31. The zero-order valence-corrected chi connectivity index (χ0v) is 20.7. The molecule has 0 fully saturated rings. The predicted octanol–water partition coefficient (Wildman–Crippen LogP) is 4.60. The summed E-state index contributed by atoms with van der Waals surface area (Å²) in [5, 5.41) is 3.54. The summed E-state index contributed by atoms with van der Waals surface area (Å²) >= 11 is 9.60. The van der Waals surface area contributed by atoms with Crippen LogP contribution < -0.4 is 5.32 Å². The van der Waals surface area contributed by atoms with Crippen molar-refractivity contribution in [1.82, 2.24) is 10.3 Å². The summed E-state index contributed by atoms with van der Waals surface area (Å²) in [6, 6.07) is 7.10. The molecule has 0 spiro atoms. The van der Waals surface area contributed by atoms with Crippen LogP contribution in [0.1, 0.15) is 31.1 Å². The van der Waals surface area contributed by atoms with Crippen LogP contribution in [0.5, 0.6) is 0 Å². The molecule has 7 nitrogen and oxygen atoms in total. The zero-order chi connectivity index (χ0) is 24.0. The maximum Gasteiger partial charge on any atom is 0.338 e. The highest BCUT2D eigenvalue weighted by Gasteiger charge is 2.34. The van der Waals surface area contributed by atoms with E-state index in [9.17, 15) is 9.18 Å². The molecule has 0 amide bonds. The van der Waals surface area contributed by atoms with Crippen molar-refractivity contribution in [2.24, 2.45) is 4.99 Å². The Morgan fingerprint density at radius 1 is 1.30 bits per heavy atom. The molecular formula is C23H24BrClFN3O4. The fraction of sp³-hybridized carbons (Fsp3) is 0.348. The smallest absolute Gasteiger partial charge is 0.338 e. The van der Waals surface area contributed by atoms with E-state index in [1.807, 2.05) is 13.8 Å². The number of pyridine rings is 1. The van der Waals surface area contributed by atoms with E-state index in [2.05, 4.69) is 31.2 Å². The Labute approximate surface area is 205 Å². The molecule has 0 saturated carbocycles. The molecular weight excluding hydrogens is 517 g/mol. The number of methoxy groups -OCH3 is 1. The third-order valence-electron chi connectivity index (χ3n) is 4.70. The van der Waals surface area contributed by atoms with Gasteiger partial charge in [0.2, 0.25) is 0 Å². The van der Waals surface area contributed by atoms with Crippen molar-refractivity contribution in [1.29, 1.82) is 0 Å². The third kappa shape index (κ3) is 6.38. The van der Waals surface area contributed by atoms with Crippen molar-refractivity contribution in [2.45, 2.75) is 26.0 Å². The van der Waals surface area contributed by atoms with E-state index >= 15 is 0 Å². The van der Waals surface area contributed by atoms with Gasteiger partial charge in [-0.1, -0.05) is 33.6 Å². The second-order valence-electron chi connectivity index (χ2n) is 7.36. The molecule has 2 heterocycles. The molecule has 176 valence electrons. The maximum absolute atomic E-state index is 14.5. The van der Waals surface area contributed by atoms with Crippen LogP contribution in [0.3, 0.4) is 0 Å². The van der Waals surface area contributed by atoms with E-state index in [4.69, 9.17) is 25.8 Å². The van der Waals surface area contributed by atoms with Crippen LogP contribution in [-0.2, 0) is 19.0 Å². The second-order valence-corrected chi connectivity index (χ2v) is 8.65. The number of esters is 1. The summed E-state index contributed by atoms with van der Waals surface area (Å²) in [4.78, 5) is 21.6. The Bertz CT molecular complexity index is 1080. The average Bonchev–Trinajstić information content (AvgIpc) is 2.78. The molecule has 1 aliphatic heterocycles. The molecule has 1 N–H and O–H groups in total. The van der Waals surface area contributed by atoms with Crippen LogP contribution >= 0.6 is 27.5 Å². The molecule has 0 aliphatic carbocycles. The fourth-order valence-corrected chi connectivity index (χ4v) is 4.10. The lowest BCUT2D eigenvalue weighted by Crippen LogP contribution is -2.36. The summed E-state index contributed by atoms with van der Waals surface area (Å²) < 4.78 is 31.5. The lowest BCUT2D eigenvalue weighted by molar-refractivity contribution is -0.136. The minimum absolute atomic E-state index is 0.0251. The van der Waals surface area contributed by atoms with Crippen LogP contribution in [-0.4, -0.2) is 49.8 Å². The molecule has 10 heteroatoms. The number of hydrogen-bond acceptors (Lipinski definition) is 7. The van der Waals surface area contributed by atoms with Gasteiger partial charge in [0.1, 0.15) is 11.7 Å². The minimum Gasteiger partial charge on any atom is -0.466 e. The monoisotopic (exact) mass is 539 g/mol. The van der Waals surface area contributed by atoms with Crippen LogP contribution in [0.2, 0.25) is 5.02 Å². The normalized spacial score (nSPS) is 16.0. The SMILES string of the molecule is COC(=O)C1=C(COCCOC(C)C)NC(c2ncccc2F)=NC1c1ccc(Cl)cc1Br. The molecule has 0 radical (unpaired) electrons. The van der Waals surface area contributed by atoms with E-state index in [0.29, 0.717) is 34.0 Å². The van der Waals surface area contributed by atoms with E-state index in [1.165, 1.54) is 25.4 Å². The van der Waals surface area contributed by atoms with Gasteiger partial charge < -0.3 is 19.5 Å². The molecule has 1 unspecified atom stereocenters. The highest BCUT2D eigenvalue weighted by atomic mass is 79.9. The van der Waals surface area contributed by atoms with Gasteiger partial charge in [-0.2, -0.15) is 0 Å². The van der Waals surface area contributed by atoms with Crippen molar-refractivity contribution in [3.05, 3.63) is 74.4 Å². The quantitative estimate of drug-likeness (QED) is 0.370. The van der Waals surface area contributed by atoms with Crippen molar-refractivity contribution in [3.8, 4) is 0 Å². The minimum atomic E-state index is -0.813. The lowest BCUT2D eigenvalue weighted by atomic mass is 9.95. The zero-order valence-electron chi connectivity index (χ0n) is 18.4. The first-order valence-corrected chi connectivity index (χ1v) is 11.4. The molecule has 1 aromatic heterocycles. The van der Waals surface area contributed by atoms with Gasteiger partial charge in [0.15, 0.2) is 11.7 Å². The van der Waals surface area contributed by atoms with Gasteiger partial charge in [0.05, 0.1) is 44.3 Å². The first-order chi connectivity index (χ1) is 15.8. The number of hydrogen-bond donors (Lipinski definition) is 1. The predicted molar refractivity (Wildman–Crippen MR) is 127 cm³/mol. The van der Waals surface area contributed by atoms with E-state index in [-0.39, 0.29) is 29.8 Å². The van der Waals surface area contributed by atoms with Gasteiger partial charge in [0.25, 0.3) is 0 Å². The van der Waals surface area contributed by atoms with Crippen molar-refractivity contribution < 1.29 is 23.4 Å². The van der Waals surface area contributed by atoms with E-state index in [0.717, 1.165) is 0 Å². The summed E-state index contributed by atoms with van der Waals surface area (Å²) in [6.07, 6.45) is 1.54. The molecule has 1 aromatic carbocycles. The number of rotatable bonds is 9. The Kier molecular flexibility index (Phi) is 8.96. The standard InChI is InChI=1S/C23H24BrClFN3O4/c1-13(2)33-10-9-32-12-18-19(23(30)31-3)20(15-7-6-14(25)11-16(15)24)29-22(28-18)21-17(26)5-4-8-27-21/h4-8,11,13,20H,9-10,12H2,1-3H3,(H,28,29). The number of carbonyl (C=O) groups is 1. The summed E-state index contributed by atoms with van der Waals surface area (Å²) in [6.45, 7) is 4.58. The fourth-order valence-electron chi connectivity index (χ4n) is 3.21. The van der Waals surface area contributed by atoms with Crippen molar-refractivity contribution in [2.75, 3.05) is 26.9 Å². The second kappa shape index (κ2) is 11.7. The van der Waals surface area contributed by atoms with E-state index < -0.39 is 17.8 Å². The van der Waals surface area contributed by atoms with E-state index in [1.54, 1.807) is 18.2 Å². The molecule has 2 aromatic rings. The number of aliphatic imine (C=N–C) groups is 1. The number of aromatic nitrogens is 1. The summed E-state index contributed by atoms with van der Waals surface area (Å²) in [5.74, 6) is -0.968. The number of amidine groups is 1. The highest BCUT2D eigenvalue weighted by Crippen LogP contribution is 2.37. The third-order valence-corrected chi connectivity index (χ3v) is 5.62. The number of halogens is 3. The maximum atomic E-state index is 14.5. The van der Waals surface area contributed by atoms with Crippen LogP contribution in [0.15, 0.2) is 57.3 Å². The Hall–Kier alpha value is -2.33. The average molecular weight is 541 g/mol. The summed E-state index contributed by atoms with van der Waals surface area (Å²) in [7, 11) is 1.29. The Morgan fingerprint density at radius 2 is 2.09 bits per heavy atom. The number of benzene rings is 1. The van der Waals surface area contributed by atoms with Gasteiger partial charge in [-0.15, -0.1) is 0 Å². The van der Waals surface area contributed by atoms with Crippen LogP contribution in [0.4, 0.5) is 4.39 Å². The van der Waals surface area contributed by atoms with Gasteiger partial charge in [-0.3, -0.25) is 4.99 Å². The van der Waals surface area contributed by atoms with Crippen LogP contribution in [0, 0.1) is 5.82 Å². The first-order valence-electron chi connectivity index (χ1n) is 10.2. The number of ether oxygens (including phenoxy) is 3. The Balaban J connectivity index is 2.04. The first kappa shape index (κ1) is 25.3. The Morgan fingerprint density at radius 3 is 2.76 bits per heavy atom. The number of nitrogens with zero attached hydrogens (tertiary/aromatic N) is 2. The highest BCUT2D eigenvalue weighted by molar-refractivity contribution is 9.10. The largest absolute Gasteiger partial charge is 0.466 e. The van der Waals surface area contributed by atoms with Gasteiger partial charge >= 0.3 is 5.97 Å². The molecule has 0 saturated heterocycles. The van der Waals surface area contributed by atoms with Crippen molar-refractivity contribution in [3.63, 3.8) is 0 Å². The number of carbonyl (C=O) groups excluding carboxylic acids is 1. The number of nitrogens with one attached hydrogen (secondary N) is 1. The molecule has 1 aliphatic rings. The topological polar surface area (TPSA) is 82.0 Å². The van der Waals surface area contributed by atoms with Crippen LogP contribution in [0.25, 0.3) is 0 Å². The van der Waals surface area contributed by atoms with Gasteiger partial charge in [-0.05, 0) is 43.7 Å². The van der Waals surface area contributed by atoms with Gasteiger partial charge in [0, 0.05) is 15.7 Å². The molecule has 3 rings (SSSR count). The van der Waals surface area contributed by atoms with Gasteiger partial charge in [-0.25, -0.2) is 14.2 Å². The molecule has 1 atom stereocenters.